The Morgan fingerprint density at radius 1 is 1.15 bits per heavy atom. The maximum absolute atomic E-state index is 12.1. The fourth-order valence-corrected chi connectivity index (χ4v) is 3.24. The van der Waals surface area contributed by atoms with Crippen molar-refractivity contribution in [2.24, 2.45) is 5.10 Å². The van der Waals surface area contributed by atoms with Crippen LogP contribution in [0.15, 0.2) is 52.0 Å². The van der Waals surface area contributed by atoms with E-state index in [1.165, 1.54) is 5.56 Å². The predicted molar refractivity (Wildman–Crippen MR) is 113 cm³/mol. The molecule has 0 saturated carbocycles. The third kappa shape index (κ3) is 5.70. The topological polar surface area (TPSA) is 44.7 Å². The molecular weight excluding hydrogens is 390 g/mol. The number of hydrogen-bond acceptors (Lipinski definition) is 3. The van der Waals surface area contributed by atoms with E-state index in [0.717, 1.165) is 21.3 Å². The second kappa shape index (κ2) is 8.49. The van der Waals surface area contributed by atoms with E-state index >= 15 is 0 Å². The maximum Gasteiger partial charge on any atom is 0.244 e. The smallest absolute Gasteiger partial charge is 0.244 e. The van der Waals surface area contributed by atoms with Crippen molar-refractivity contribution in [2.45, 2.75) is 32.6 Å². The van der Waals surface area contributed by atoms with Crippen LogP contribution >= 0.6 is 15.9 Å². The molecule has 0 heterocycles. The van der Waals surface area contributed by atoms with Crippen LogP contribution in [0.5, 0.6) is 0 Å². The molecule has 2 rings (SSSR count). The quantitative estimate of drug-likeness (QED) is 0.576. The third-order valence-electron chi connectivity index (χ3n) is 4.04. The summed E-state index contributed by atoms with van der Waals surface area (Å²) in [6.45, 7) is 6.52. The van der Waals surface area contributed by atoms with E-state index in [1.54, 1.807) is 6.21 Å². The first-order valence-electron chi connectivity index (χ1n) is 8.55. The fourth-order valence-electron chi connectivity index (χ4n) is 2.49. The Kier molecular flexibility index (Phi) is 6.59. The Hall–Kier alpha value is -2.14. The minimum Gasteiger partial charge on any atom is -0.377 e. The molecule has 0 aliphatic rings. The van der Waals surface area contributed by atoms with Crippen molar-refractivity contribution in [3.05, 3.63) is 63.6 Å². The van der Waals surface area contributed by atoms with Crippen LogP contribution < -0.4 is 10.3 Å². The Morgan fingerprint density at radius 3 is 2.35 bits per heavy atom. The number of benzene rings is 2. The Morgan fingerprint density at radius 2 is 1.81 bits per heavy atom. The summed E-state index contributed by atoms with van der Waals surface area (Å²) in [6.07, 6.45) is 1.95. The van der Waals surface area contributed by atoms with E-state index in [-0.39, 0.29) is 11.3 Å². The standard InChI is InChI=1S/C21H26BrN3O/c1-21(2,3)17-9-6-15(7-10-17)13-20(26)24-23-14-16-8-11-19(25(4)5)18(22)12-16/h6-12,14H,13H2,1-5H3,(H,24,26)/b23-14-. The number of rotatable bonds is 5. The van der Waals surface area contributed by atoms with Crippen molar-refractivity contribution in [1.82, 2.24) is 5.43 Å². The van der Waals surface area contributed by atoms with Gasteiger partial charge < -0.3 is 4.90 Å². The number of anilines is 1. The van der Waals surface area contributed by atoms with Gasteiger partial charge >= 0.3 is 0 Å². The van der Waals surface area contributed by atoms with Crippen LogP contribution in [-0.2, 0) is 16.6 Å². The number of carbonyl (C=O) groups excluding carboxylic acids is 1. The van der Waals surface area contributed by atoms with Crippen LogP contribution in [0.4, 0.5) is 5.69 Å². The molecule has 0 aliphatic carbocycles. The molecule has 2 aromatic rings. The zero-order valence-electron chi connectivity index (χ0n) is 16.0. The summed E-state index contributed by atoms with van der Waals surface area (Å²) >= 11 is 3.54. The van der Waals surface area contributed by atoms with Crippen LogP contribution in [-0.4, -0.2) is 26.2 Å². The molecule has 26 heavy (non-hydrogen) atoms. The average molecular weight is 416 g/mol. The minimum atomic E-state index is -0.131. The molecule has 5 heteroatoms. The van der Waals surface area contributed by atoms with E-state index in [1.807, 2.05) is 49.3 Å². The summed E-state index contributed by atoms with van der Waals surface area (Å²) in [5.74, 6) is -0.131. The van der Waals surface area contributed by atoms with E-state index in [0.29, 0.717) is 6.42 Å². The summed E-state index contributed by atoms with van der Waals surface area (Å²) in [4.78, 5) is 14.1. The molecule has 4 nitrogen and oxygen atoms in total. The highest BCUT2D eigenvalue weighted by atomic mass is 79.9. The van der Waals surface area contributed by atoms with Crippen molar-refractivity contribution < 1.29 is 4.79 Å². The van der Waals surface area contributed by atoms with Crippen molar-refractivity contribution in [3.8, 4) is 0 Å². The number of halogens is 1. The molecule has 0 bridgehead atoms. The van der Waals surface area contributed by atoms with Gasteiger partial charge in [0.2, 0.25) is 5.91 Å². The summed E-state index contributed by atoms with van der Waals surface area (Å²) in [5.41, 5.74) is 6.93. The van der Waals surface area contributed by atoms with Gasteiger partial charge in [-0.25, -0.2) is 5.43 Å². The van der Waals surface area contributed by atoms with E-state index in [4.69, 9.17) is 0 Å². The zero-order valence-corrected chi connectivity index (χ0v) is 17.6. The number of hydrogen-bond donors (Lipinski definition) is 1. The van der Waals surface area contributed by atoms with Gasteiger partial charge in [-0.1, -0.05) is 51.1 Å². The van der Waals surface area contributed by atoms with Gasteiger partial charge in [0.15, 0.2) is 0 Å². The summed E-state index contributed by atoms with van der Waals surface area (Å²) in [6, 6.07) is 14.1. The second-order valence-electron chi connectivity index (χ2n) is 7.52. The van der Waals surface area contributed by atoms with Gasteiger partial charge in [-0.05, 0) is 50.2 Å². The van der Waals surface area contributed by atoms with Crippen molar-refractivity contribution >= 4 is 33.7 Å². The summed E-state index contributed by atoms with van der Waals surface area (Å²) in [7, 11) is 3.98. The molecule has 0 spiro atoms. The molecule has 0 fully saturated rings. The summed E-state index contributed by atoms with van der Waals surface area (Å²) in [5, 5.41) is 4.05. The molecule has 1 amide bonds. The highest BCUT2D eigenvalue weighted by Crippen LogP contribution is 2.25. The molecule has 2 aromatic carbocycles. The lowest BCUT2D eigenvalue weighted by molar-refractivity contribution is -0.120. The molecule has 0 atom stereocenters. The Bertz CT molecular complexity index is 790. The van der Waals surface area contributed by atoms with Gasteiger partial charge in [0, 0.05) is 18.6 Å². The van der Waals surface area contributed by atoms with Crippen LogP contribution in [0.2, 0.25) is 0 Å². The largest absolute Gasteiger partial charge is 0.377 e. The predicted octanol–water partition coefficient (Wildman–Crippen LogP) is 4.51. The Labute approximate surface area is 164 Å². The summed E-state index contributed by atoms with van der Waals surface area (Å²) < 4.78 is 0.983. The normalized spacial score (nSPS) is 11.6. The van der Waals surface area contributed by atoms with Crippen LogP contribution in [0.25, 0.3) is 0 Å². The lowest BCUT2D eigenvalue weighted by Gasteiger charge is -2.19. The lowest BCUT2D eigenvalue weighted by Crippen LogP contribution is -2.20. The molecule has 0 unspecified atom stereocenters. The first kappa shape index (κ1) is 20.2. The SMILES string of the molecule is CN(C)c1ccc(/C=N\NC(=O)Cc2ccc(C(C)(C)C)cc2)cc1Br. The van der Waals surface area contributed by atoms with Gasteiger partial charge in [-0.15, -0.1) is 0 Å². The van der Waals surface area contributed by atoms with Crippen molar-refractivity contribution in [2.75, 3.05) is 19.0 Å². The van der Waals surface area contributed by atoms with Crippen LogP contribution in [0, 0.1) is 0 Å². The molecule has 1 N–H and O–H groups in total. The molecule has 0 radical (unpaired) electrons. The van der Waals surface area contributed by atoms with Gasteiger partial charge in [0.1, 0.15) is 0 Å². The van der Waals surface area contributed by atoms with E-state index in [2.05, 4.69) is 59.4 Å². The zero-order chi connectivity index (χ0) is 19.3. The first-order valence-corrected chi connectivity index (χ1v) is 9.34. The molecule has 0 aromatic heterocycles. The fraction of sp³-hybridized carbons (Fsp3) is 0.333. The third-order valence-corrected chi connectivity index (χ3v) is 4.68. The first-order chi connectivity index (χ1) is 12.2. The lowest BCUT2D eigenvalue weighted by atomic mass is 9.86. The highest BCUT2D eigenvalue weighted by Gasteiger charge is 2.13. The number of nitrogens with one attached hydrogen (secondary N) is 1. The van der Waals surface area contributed by atoms with E-state index in [9.17, 15) is 4.79 Å². The van der Waals surface area contributed by atoms with Gasteiger partial charge in [0.05, 0.1) is 18.3 Å². The monoisotopic (exact) mass is 415 g/mol. The molecule has 0 aliphatic heterocycles. The van der Waals surface area contributed by atoms with Gasteiger partial charge in [-0.3, -0.25) is 4.79 Å². The van der Waals surface area contributed by atoms with Crippen molar-refractivity contribution in [3.63, 3.8) is 0 Å². The average Bonchev–Trinajstić information content (AvgIpc) is 2.54. The number of nitrogens with zero attached hydrogens (tertiary/aromatic N) is 2. The second-order valence-corrected chi connectivity index (χ2v) is 8.38. The van der Waals surface area contributed by atoms with Crippen LogP contribution in [0.3, 0.4) is 0 Å². The Balaban J connectivity index is 1.92. The molecular formula is C21H26BrN3O. The van der Waals surface area contributed by atoms with E-state index < -0.39 is 0 Å². The van der Waals surface area contributed by atoms with Gasteiger partial charge in [-0.2, -0.15) is 5.10 Å². The minimum absolute atomic E-state index is 0.113. The van der Waals surface area contributed by atoms with Crippen LogP contribution in [0.1, 0.15) is 37.5 Å². The highest BCUT2D eigenvalue weighted by molar-refractivity contribution is 9.10. The van der Waals surface area contributed by atoms with Gasteiger partial charge in [0.25, 0.3) is 0 Å². The molecule has 0 saturated heterocycles. The number of carbonyl (C=O) groups is 1. The number of hydrazone groups is 1. The van der Waals surface area contributed by atoms with Crippen molar-refractivity contribution in [1.29, 1.82) is 0 Å². The maximum atomic E-state index is 12.1. The molecule has 138 valence electrons. The number of amides is 1.